The fourth-order valence-electron chi connectivity index (χ4n) is 3.33. The largest absolute Gasteiger partial charge is 0.494 e. The highest BCUT2D eigenvalue weighted by Crippen LogP contribution is 2.14. The smallest absolute Gasteiger partial charge is 0.269 e. The Balaban J connectivity index is 2.05. The van der Waals surface area contributed by atoms with Crippen molar-refractivity contribution >= 4 is 11.8 Å². The van der Waals surface area contributed by atoms with E-state index in [1.807, 2.05) is 0 Å². The molecule has 0 aliphatic rings. The molecule has 0 spiro atoms. The van der Waals surface area contributed by atoms with Crippen LogP contribution in [0.5, 0.6) is 5.75 Å². The van der Waals surface area contributed by atoms with E-state index in [0.29, 0.717) is 24.5 Å². The average Bonchev–Trinajstić information content (AvgIpc) is 2.76. The first-order chi connectivity index (χ1) is 15.0. The van der Waals surface area contributed by atoms with Gasteiger partial charge in [0.15, 0.2) is 0 Å². The molecule has 1 aromatic rings. The molecule has 0 saturated heterocycles. The van der Waals surface area contributed by atoms with Gasteiger partial charge in [-0.3, -0.25) is 20.4 Å². The van der Waals surface area contributed by atoms with E-state index in [1.165, 1.54) is 57.8 Å². The van der Waals surface area contributed by atoms with Crippen molar-refractivity contribution in [3.63, 3.8) is 0 Å². The SMILES string of the molecule is CCCCCCCCCCCCCC(=O)NNC(=O)c1ccc(OCCC(C)C)cc1. The number of hydrogen-bond acceptors (Lipinski definition) is 3. The number of hydrazine groups is 1. The van der Waals surface area contributed by atoms with Crippen LogP contribution >= 0.6 is 0 Å². The predicted octanol–water partition coefficient (Wildman–Crippen LogP) is 6.57. The zero-order chi connectivity index (χ0) is 22.7. The number of benzene rings is 1. The highest BCUT2D eigenvalue weighted by Gasteiger charge is 2.08. The highest BCUT2D eigenvalue weighted by molar-refractivity contribution is 5.95. The van der Waals surface area contributed by atoms with Crippen molar-refractivity contribution < 1.29 is 14.3 Å². The Bertz CT molecular complexity index is 599. The van der Waals surface area contributed by atoms with E-state index in [9.17, 15) is 9.59 Å². The van der Waals surface area contributed by atoms with Crippen LogP contribution in [-0.2, 0) is 4.79 Å². The van der Waals surface area contributed by atoms with Crippen LogP contribution in [0.3, 0.4) is 0 Å². The molecule has 0 heterocycles. The lowest BCUT2D eigenvalue weighted by Crippen LogP contribution is -2.41. The lowest BCUT2D eigenvalue weighted by atomic mass is 10.1. The molecule has 0 saturated carbocycles. The van der Waals surface area contributed by atoms with Gasteiger partial charge in [0.05, 0.1) is 6.61 Å². The molecule has 0 aliphatic carbocycles. The van der Waals surface area contributed by atoms with Gasteiger partial charge in [-0.05, 0) is 43.0 Å². The molecule has 31 heavy (non-hydrogen) atoms. The summed E-state index contributed by atoms with van der Waals surface area (Å²) in [6.07, 6.45) is 15.2. The van der Waals surface area contributed by atoms with Crippen LogP contribution in [0.4, 0.5) is 0 Å². The molecular weight excluding hydrogens is 388 g/mol. The summed E-state index contributed by atoms with van der Waals surface area (Å²) in [7, 11) is 0. The van der Waals surface area contributed by atoms with Crippen molar-refractivity contribution in [1.82, 2.24) is 10.9 Å². The maximum absolute atomic E-state index is 12.2. The molecule has 2 N–H and O–H groups in total. The van der Waals surface area contributed by atoms with Crippen LogP contribution in [0.2, 0.25) is 0 Å². The van der Waals surface area contributed by atoms with E-state index in [0.717, 1.165) is 25.0 Å². The van der Waals surface area contributed by atoms with Crippen LogP contribution in [-0.4, -0.2) is 18.4 Å². The molecule has 0 radical (unpaired) electrons. The van der Waals surface area contributed by atoms with Gasteiger partial charge < -0.3 is 4.74 Å². The zero-order valence-corrected chi connectivity index (χ0v) is 20.0. The van der Waals surface area contributed by atoms with Gasteiger partial charge in [-0.2, -0.15) is 0 Å². The molecule has 0 aromatic heterocycles. The molecule has 176 valence electrons. The maximum Gasteiger partial charge on any atom is 0.269 e. The first-order valence-corrected chi connectivity index (χ1v) is 12.3. The molecule has 0 atom stereocenters. The molecule has 0 aliphatic heterocycles. The number of ether oxygens (including phenoxy) is 1. The molecule has 2 amide bonds. The summed E-state index contributed by atoms with van der Waals surface area (Å²) in [5, 5.41) is 0. The Morgan fingerprint density at radius 2 is 1.35 bits per heavy atom. The number of nitrogens with one attached hydrogen (secondary N) is 2. The number of carbonyl (C=O) groups is 2. The van der Waals surface area contributed by atoms with Crippen molar-refractivity contribution in [1.29, 1.82) is 0 Å². The summed E-state index contributed by atoms with van der Waals surface area (Å²) in [6.45, 7) is 7.22. The van der Waals surface area contributed by atoms with E-state index >= 15 is 0 Å². The molecule has 0 fully saturated rings. The van der Waals surface area contributed by atoms with Gasteiger partial charge in [0.1, 0.15) is 5.75 Å². The van der Waals surface area contributed by atoms with Gasteiger partial charge in [-0.1, -0.05) is 85.0 Å². The van der Waals surface area contributed by atoms with Crippen LogP contribution in [0.25, 0.3) is 0 Å². The summed E-state index contributed by atoms with van der Waals surface area (Å²) in [5.41, 5.74) is 5.49. The third-order valence-electron chi connectivity index (χ3n) is 5.40. The topological polar surface area (TPSA) is 67.4 Å². The summed E-state index contributed by atoms with van der Waals surface area (Å²) in [4.78, 5) is 24.1. The molecule has 5 nitrogen and oxygen atoms in total. The molecule has 1 aromatic carbocycles. The quantitative estimate of drug-likeness (QED) is 0.216. The van der Waals surface area contributed by atoms with Crippen molar-refractivity contribution in [3.8, 4) is 5.75 Å². The number of unbranched alkanes of at least 4 members (excludes halogenated alkanes) is 10. The minimum absolute atomic E-state index is 0.141. The van der Waals surface area contributed by atoms with Crippen molar-refractivity contribution in [2.24, 2.45) is 5.92 Å². The third-order valence-corrected chi connectivity index (χ3v) is 5.40. The van der Waals surface area contributed by atoms with Crippen molar-refractivity contribution in [2.45, 2.75) is 104 Å². The Morgan fingerprint density at radius 3 is 1.90 bits per heavy atom. The second kappa shape index (κ2) is 17.6. The summed E-state index contributed by atoms with van der Waals surface area (Å²) < 4.78 is 5.65. The minimum Gasteiger partial charge on any atom is -0.494 e. The first-order valence-electron chi connectivity index (χ1n) is 12.3. The third kappa shape index (κ3) is 14.6. The second-order valence-electron chi connectivity index (χ2n) is 8.84. The van der Waals surface area contributed by atoms with E-state index in [-0.39, 0.29) is 11.8 Å². The summed E-state index contributed by atoms with van der Waals surface area (Å²) in [5.74, 6) is 0.885. The Morgan fingerprint density at radius 1 is 0.806 bits per heavy atom. The van der Waals surface area contributed by atoms with Gasteiger partial charge in [-0.25, -0.2) is 0 Å². The van der Waals surface area contributed by atoms with Crippen LogP contribution < -0.4 is 15.6 Å². The predicted molar refractivity (Wildman–Crippen MR) is 128 cm³/mol. The van der Waals surface area contributed by atoms with E-state index in [4.69, 9.17) is 4.74 Å². The Kier molecular flexibility index (Phi) is 15.3. The lowest BCUT2D eigenvalue weighted by molar-refractivity contribution is -0.122. The highest BCUT2D eigenvalue weighted by atomic mass is 16.5. The fraction of sp³-hybridized carbons (Fsp3) is 0.692. The van der Waals surface area contributed by atoms with E-state index in [2.05, 4.69) is 31.6 Å². The number of rotatable bonds is 17. The van der Waals surface area contributed by atoms with Gasteiger partial charge in [0.25, 0.3) is 5.91 Å². The molecule has 0 unspecified atom stereocenters. The van der Waals surface area contributed by atoms with Crippen LogP contribution in [0.1, 0.15) is 115 Å². The van der Waals surface area contributed by atoms with Crippen molar-refractivity contribution in [3.05, 3.63) is 29.8 Å². The first kappa shape index (κ1) is 27.0. The molecule has 0 bridgehead atoms. The summed E-state index contributed by atoms with van der Waals surface area (Å²) in [6, 6.07) is 6.97. The number of carbonyl (C=O) groups excluding carboxylic acids is 2. The normalized spacial score (nSPS) is 10.8. The Hall–Kier alpha value is -2.04. The van der Waals surface area contributed by atoms with E-state index in [1.54, 1.807) is 24.3 Å². The number of amides is 2. The van der Waals surface area contributed by atoms with Crippen molar-refractivity contribution in [2.75, 3.05) is 6.61 Å². The lowest BCUT2D eigenvalue weighted by Gasteiger charge is -2.10. The second-order valence-corrected chi connectivity index (χ2v) is 8.84. The minimum atomic E-state index is -0.319. The van der Waals surface area contributed by atoms with E-state index < -0.39 is 0 Å². The molecule has 5 heteroatoms. The van der Waals surface area contributed by atoms with Gasteiger partial charge in [0.2, 0.25) is 5.91 Å². The maximum atomic E-state index is 12.2. The standard InChI is InChI=1S/C26H44N2O3/c1-4-5-6-7-8-9-10-11-12-13-14-15-25(29)27-28-26(30)23-16-18-24(19-17-23)31-21-20-22(2)3/h16-19,22H,4-15,20-21H2,1-3H3,(H,27,29)(H,28,30). The van der Waals surface area contributed by atoms with Gasteiger partial charge in [-0.15, -0.1) is 0 Å². The fourth-order valence-corrected chi connectivity index (χ4v) is 3.33. The van der Waals surface area contributed by atoms with Crippen LogP contribution in [0.15, 0.2) is 24.3 Å². The van der Waals surface area contributed by atoms with Crippen LogP contribution in [0, 0.1) is 5.92 Å². The van der Waals surface area contributed by atoms with Gasteiger partial charge >= 0.3 is 0 Å². The molecular formula is C26H44N2O3. The average molecular weight is 433 g/mol. The zero-order valence-electron chi connectivity index (χ0n) is 20.0. The van der Waals surface area contributed by atoms with Gasteiger partial charge in [0, 0.05) is 12.0 Å². The Labute approximate surface area is 189 Å². The molecule has 1 rings (SSSR count). The number of hydrogen-bond donors (Lipinski definition) is 2. The summed E-state index contributed by atoms with van der Waals surface area (Å²) >= 11 is 0. The monoisotopic (exact) mass is 432 g/mol.